The summed E-state index contributed by atoms with van der Waals surface area (Å²) in [6, 6.07) is 155. The minimum Gasteiger partial charge on any atom is -0.456 e. The van der Waals surface area contributed by atoms with Gasteiger partial charge in [0.1, 0.15) is 22.3 Å². The van der Waals surface area contributed by atoms with Crippen molar-refractivity contribution >= 4 is 143 Å². The van der Waals surface area contributed by atoms with Crippen LogP contribution in [-0.2, 0) is 0 Å². The Morgan fingerprint density at radius 3 is 1.01 bits per heavy atom. The van der Waals surface area contributed by atoms with Gasteiger partial charge in [-0.15, -0.1) is 0 Å². The summed E-state index contributed by atoms with van der Waals surface area (Å²) in [5.74, 6) is 0. The van der Waals surface area contributed by atoms with Crippen LogP contribution < -0.4 is 9.80 Å². The predicted molar refractivity (Wildman–Crippen MR) is 487 cm³/mol. The van der Waals surface area contributed by atoms with Gasteiger partial charge in [-0.3, -0.25) is 0 Å². The van der Waals surface area contributed by atoms with Crippen molar-refractivity contribution in [2.45, 2.75) is 0 Å². The van der Waals surface area contributed by atoms with Gasteiger partial charge in [-0.05, 0) is 223 Å². The Balaban J connectivity index is 0.565. The largest absolute Gasteiger partial charge is 0.456 e. The van der Waals surface area contributed by atoms with Crippen LogP contribution in [0.5, 0.6) is 0 Å². The monoisotopic (exact) mass is 1480 g/mol. The van der Waals surface area contributed by atoms with Crippen molar-refractivity contribution in [2.75, 3.05) is 9.80 Å². The first-order valence-corrected chi connectivity index (χ1v) is 39.7. The van der Waals surface area contributed by atoms with E-state index in [1.807, 2.05) is 6.07 Å². The summed E-state index contributed by atoms with van der Waals surface area (Å²) < 4.78 is 18.3. The quantitative estimate of drug-likeness (QED) is 0.109. The van der Waals surface area contributed by atoms with Crippen molar-refractivity contribution in [1.82, 2.24) is 9.13 Å². The number of furan rings is 2. The number of hydrogen-bond acceptors (Lipinski definition) is 4. The van der Waals surface area contributed by atoms with Gasteiger partial charge in [0.25, 0.3) is 0 Å². The highest BCUT2D eigenvalue weighted by Gasteiger charge is 2.26. The molecule has 23 rings (SSSR count). The topological polar surface area (TPSA) is 42.6 Å². The lowest BCUT2D eigenvalue weighted by atomic mass is 9.95. The molecule has 0 saturated carbocycles. The van der Waals surface area contributed by atoms with E-state index in [9.17, 15) is 0 Å². The average Bonchev–Trinajstić information content (AvgIpc) is 1.56. The van der Waals surface area contributed by atoms with Crippen molar-refractivity contribution < 1.29 is 8.83 Å². The molecule has 6 nitrogen and oxygen atoms in total. The molecule has 0 bridgehead atoms. The summed E-state index contributed by atoms with van der Waals surface area (Å²) in [6.07, 6.45) is 0. The molecule has 4 heterocycles. The van der Waals surface area contributed by atoms with Crippen LogP contribution in [0.3, 0.4) is 0 Å². The Morgan fingerprint density at radius 1 is 0.181 bits per heavy atom. The van der Waals surface area contributed by atoms with E-state index in [0.29, 0.717) is 0 Å². The Kier molecular flexibility index (Phi) is 15.5. The Bertz CT molecular complexity index is 7740. The number of rotatable bonds is 14. The smallest absolute Gasteiger partial charge is 0.136 e. The van der Waals surface area contributed by atoms with Gasteiger partial charge in [0.15, 0.2) is 0 Å². The minimum absolute atomic E-state index is 0.836. The Morgan fingerprint density at radius 2 is 0.509 bits per heavy atom. The lowest BCUT2D eigenvalue weighted by Gasteiger charge is -2.29. The second-order valence-corrected chi connectivity index (χ2v) is 30.3. The van der Waals surface area contributed by atoms with E-state index in [4.69, 9.17) is 8.83 Å². The van der Waals surface area contributed by atoms with Crippen LogP contribution in [-0.4, -0.2) is 9.13 Å². The van der Waals surface area contributed by atoms with Crippen molar-refractivity contribution in [1.29, 1.82) is 0 Å². The summed E-state index contributed by atoms with van der Waals surface area (Å²) in [5, 5.41) is 14.0. The highest BCUT2D eigenvalue weighted by atomic mass is 16.3. The molecular formula is C110H70N4O2. The molecule has 0 unspecified atom stereocenters. The van der Waals surface area contributed by atoms with Crippen molar-refractivity contribution in [3.63, 3.8) is 0 Å². The van der Waals surface area contributed by atoms with Crippen LogP contribution in [0.15, 0.2) is 433 Å². The van der Waals surface area contributed by atoms with Crippen LogP contribution in [0, 0.1) is 0 Å². The van der Waals surface area contributed by atoms with Gasteiger partial charge in [-0.2, -0.15) is 0 Å². The average molecular weight is 1480 g/mol. The molecule has 0 fully saturated rings. The van der Waals surface area contributed by atoms with Gasteiger partial charge in [0.2, 0.25) is 0 Å². The number of para-hydroxylation sites is 7. The van der Waals surface area contributed by atoms with Gasteiger partial charge in [-0.25, -0.2) is 0 Å². The van der Waals surface area contributed by atoms with E-state index in [-0.39, 0.29) is 0 Å². The predicted octanol–water partition coefficient (Wildman–Crippen LogP) is 30.9. The Hall–Kier alpha value is -15.5. The van der Waals surface area contributed by atoms with Gasteiger partial charge in [0.05, 0.1) is 33.4 Å². The number of aromatic nitrogens is 2. The molecule has 0 aliphatic heterocycles. The third-order valence-electron chi connectivity index (χ3n) is 23.7. The second-order valence-electron chi connectivity index (χ2n) is 30.3. The first kappa shape index (κ1) is 66.3. The zero-order valence-corrected chi connectivity index (χ0v) is 63.0. The molecule has 23 aromatic rings. The SMILES string of the molecule is c1cc(N(c2ccc(-c3ccc(-c4ccc5ccc(-c6ccc7c(c6)oc6cccc(-c8ccccc8N(c8ccc(-c9ccc%10ccccc%10c9)cc8)c8cccc(-n9c%10ccccc%10c%10ccccc%109)c8)c67)cc5c4)cc3)cc2)c2ccccc2-c2cccc3oc4ccccc4c23)cc(-n2c3ccccc3c3ccccc32)c1. The second kappa shape index (κ2) is 27.2. The first-order valence-electron chi connectivity index (χ1n) is 39.7. The fourth-order valence-corrected chi connectivity index (χ4v) is 18.3. The van der Waals surface area contributed by atoms with Crippen LogP contribution in [0.25, 0.3) is 187 Å². The third-order valence-corrected chi connectivity index (χ3v) is 23.7. The van der Waals surface area contributed by atoms with Crippen LogP contribution >= 0.6 is 0 Å². The number of fused-ring (bicyclic) bond motifs is 14. The van der Waals surface area contributed by atoms with Crippen molar-refractivity contribution in [3.05, 3.63) is 425 Å². The molecule has 0 aliphatic carbocycles. The summed E-state index contributed by atoms with van der Waals surface area (Å²) in [6.45, 7) is 0. The zero-order valence-electron chi connectivity index (χ0n) is 63.0. The van der Waals surface area contributed by atoms with Gasteiger partial charge >= 0.3 is 0 Å². The highest BCUT2D eigenvalue weighted by molar-refractivity contribution is 6.17. The molecule has 0 radical (unpaired) electrons. The van der Waals surface area contributed by atoms with Gasteiger partial charge in [0, 0.05) is 88.3 Å². The maximum atomic E-state index is 6.97. The molecular weight excluding hydrogens is 1410 g/mol. The first-order chi connectivity index (χ1) is 57.5. The molecule has 116 heavy (non-hydrogen) atoms. The van der Waals surface area contributed by atoms with E-state index in [0.717, 1.165) is 151 Å². The standard InChI is InChI=1S/C110H70N4O2/c1-2-22-77-65-78(52-49-71(77)21-1)75-57-62-84(63-58-75)112(86-24-18-26-88(70-86)114-103-40-14-5-29-91(103)92-30-6-15-41-104(92)114)100-37-11-8-32-94(100)96-35-20-44-107-110(96)98-64-59-81(68-108(98)116-107)80-54-51-76-50-53-79(66-82(76)67-80)74-47-45-72(46-48-74)73-55-60-83(61-56-73)111(85-23-17-25-87(69-85)113-101-38-12-3-27-89(101)90-28-4-13-39-102(90)113)99-36-10-7-31-93(99)95-34-19-43-106-109(95)97-33-9-16-42-105(97)115-106/h1-70H. The zero-order chi connectivity index (χ0) is 76.3. The molecule has 0 amide bonds. The van der Waals surface area contributed by atoms with E-state index in [1.54, 1.807) is 0 Å². The minimum atomic E-state index is 0.836. The van der Waals surface area contributed by atoms with Gasteiger partial charge < -0.3 is 27.8 Å². The van der Waals surface area contributed by atoms with Crippen LogP contribution in [0.4, 0.5) is 34.1 Å². The third kappa shape index (κ3) is 11.1. The molecule has 0 N–H and O–H groups in total. The number of nitrogens with zero attached hydrogens (tertiary/aromatic N) is 4. The summed E-state index contributed by atoms with van der Waals surface area (Å²) in [7, 11) is 0. The number of anilines is 6. The highest BCUT2D eigenvalue weighted by Crippen LogP contribution is 2.50. The fraction of sp³-hybridized carbons (Fsp3) is 0. The number of hydrogen-bond donors (Lipinski definition) is 0. The normalized spacial score (nSPS) is 11.8. The van der Waals surface area contributed by atoms with Crippen molar-refractivity contribution in [3.8, 4) is 78.1 Å². The van der Waals surface area contributed by atoms with E-state index in [2.05, 4.69) is 438 Å². The maximum Gasteiger partial charge on any atom is 0.136 e. The van der Waals surface area contributed by atoms with E-state index in [1.165, 1.54) is 70.7 Å². The van der Waals surface area contributed by atoms with Gasteiger partial charge in [-0.1, -0.05) is 279 Å². The van der Waals surface area contributed by atoms with Crippen molar-refractivity contribution in [2.24, 2.45) is 0 Å². The molecule has 6 heteroatoms. The maximum absolute atomic E-state index is 6.97. The molecule has 0 saturated heterocycles. The van der Waals surface area contributed by atoms with E-state index < -0.39 is 0 Å². The summed E-state index contributed by atoms with van der Waals surface area (Å²) >= 11 is 0. The molecule has 0 aliphatic rings. The summed E-state index contributed by atoms with van der Waals surface area (Å²) in [4.78, 5) is 4.84. The Labute approximate surface area is 669 Å². The fourth-order valence-electron chi connectivity index (χ4n) is 18.3. The molecule has 0 spiro atoms. The van der Waals surface area contributed by atoms with Crippen LogP contribution in [0.1, 0.15) is 0 Å². The van der Waals surface area contributed by atoms with Crippen LogP contribution in [0.2, 0.25) is 0 Å². The lowest BCUT2D eigenvalue weighted by Crippen LogP contribution is -2.12. The lowest BCUT2D eigenvalue weighted by molar-refractivity contribution is 0.668. The summed E-state index contributed by atoms with van der Waals surface area (Å²) in [5.41, 5.74) is 30.0. The van der Waals surface area contributed by atoms with E-state index >= 15 is 0 Å². The molecule has 542 valence electrons. The molecule has 4 aromatic heterocycles. The molecule has 19 aromatic carbocycles. The molecule has 0 atom stereocenters. The number of benzene rings is 19.